The van der Waals surface area contributed by atoms with Gasteiger partial charge in [-0.3, -0.25) is 14.3 Å². The van der Waals surface area contributed by atoms with E-state index in [0.29, 0.717) is 41.5 Å². The zero-order valence-electron chi connectivity index (χ0n) is 24.1. The molecule has 0 bridgehead atoms. The summed E-state index contributed by atoms with van der Waals surface area (Å²) in [5, 5.41) is 9.44. The lowest BCUT2D eigenvalue weighted by Crippen LogP contribution is -2.51. The minimum Gasteiger partial charge on any atom is -0.497 e. The van der Waals surface area contributed by atoms with Gasteiger partial charge in [0.2, 0.25) is 0 Å². The van der Waals surface area contributed by atoms with Crippen LogP contribution in [0.25, 0.3) is 11.0 Å². The number of anilines is 1. The second kappa shape index (κ2) is 12.1. The molecule has 1 aliphatic heterocycles. The van der Waals surface area contributed by atoms with Crippen LogP contribution in [0.1, 0.15) is 17.2 Å². The van der Waals surface area contributed by atoms with Crippen LogP contribution in [0.3, 0.4) is 0 Å². The van der Waals surface area contributed by atoms with E-state index in [4.69, 9.17) is 16.3 Å². The monoisotopic (exact) mass is 642 g/mol. The predicted octanol–water partition coefficient (Wildman–Crippen LogP) is 3.91. The lowest BCUT2D eigenvalue weighted by atomic mass is 10.0. The average Bonchev–Trinajstić information content (AvgIpc) is 3.36. The Hall–Kier alpha value is -5.12. The van der Waals surface area contributed by atoms with E-state index in [0.717, 1.165) is 5.69 Å². The molecule has 1 fully saturated rings. The highest BCUT2D eigenvalue weighted by molar-refractivity contribution is 7.90. The Morgan fingerprint density at radius 2 is 1.60 bits per heavy atom. The number of rotatable bonds is 7. The summed E-state index contributed by atoms with van der Waals surface area (Å²) in [5.74, 6) is 0.184. The second-order valence-electron chi connectivity index (χ2n) is 10.4. The number of halogens is 1. The first kappa shape index (κ1) is 29.9. The van der Waals surface area contributed by atoms with Gasteiger partial charge in [-0.05, 0) is 72.3 Å². The van der Waals surface area contributed by atoms with E-state index in [9.17, 15) is 23.3 Å². The molecule has 1 saturated heterocycles. The summed E-state index contributed by atoms with van der Waals surface area (Å²) in [5.41, 5.74) is 1.03. The van der Waals surface area contributed by atoms with E-state index in [1.54, 1.807) is 41.6 Å². The van der Waals surface area contributed by atoms with Gasteiger partial charge in [0.15, 0.2) is 0 Å². The summed E-state index contributed by atoms with van der Waals surface area (Å²) in [4.78, 5) is 36.5. The number of piperazine rings is 1. The number of amides is 1. The van der Waals surface area contributed by atoms with Crippen LogP contribution in [-0.2, 0) is 14.8 Å². The topological polar surface area (TPSA) is 131 Å². The molecule has 6 rings (SSSR count). The van der Waals surface area contributed by atoms with E-state index in [1.807, 2.05) is 18.2 Å². The summed E-state index contributed by atoms with van der Waals surface area (Å²) in [7, 11) is -2.93. The van der Waals surface area contributed by atoms with Crippen LogP contribution in [0.15, 0.2) is 101 Å². The normalized spacial score (nSPS) is 14.2. The van der Waals surface area contributed by atoms with E-state index >= 15 is 0 Å². The van der Waals surface area contributed by atoms with Crippen molar-refractivity contribution in [1.29, 1.82) is 5.26 Å². The smallest absolute Gasteiger partial charge is 0.344 e. The maximum atomic E-state index is 14.5. The Bertz CT molecular complexity index is 2080. The van der Waals surface area contributed by atoms with Crippen LogP contribution in [0.4, 0.5) is 5.69 Å². The Balaban J connectivity index is 1.49. The number of benzene rings is 3. The van der Waals surface area contributed by atoms with Crippen molar-refractivity contribution in [2.75, 3.05) is 38.2 Å². The van der Waals surface area contributed by atoms with E-state index < -0.39 is 21.8 Å². The molecule has 1 atom stereocenters. The van der Waals surface area contributed by atoms with Crippen molar-refractivity contribution >= 4 is 44.3 Å². The molecule has 13 heteroatoms. The van der Waals surface area contributed by atoms with Crippen molar-refractivity contribution in [2.45, 2.75) is 10.9 Å². The molecule has 0 radical (unpaired) electrons. The van der Waals surface area contributed by atoms with Gasteiger partial charge in [-0.25, -0.2) is 13.2 Å². The molecule has 11 nitrogen and oxygen atoms in total. The molecule has 0 aliphatic carbocycles. The Labute approximate surface area is 264 Å². The average molecular weight is 643 g/mol. The third-order valence-corrected chi connectivity index (χ3v) is 9.80. The van der Waals surface area contributed by atoms with Crippen molar-refractivity contribution < 1.29 is 17.9 Å². The van der Waals surface area contributed by atoms with Crippen LogP contribution in [0.2, 0.25) is 5.02 Å². The number of hydrogen-bond acceptors (Lipinski definition) is 8. The summed E-state index contributed by atoms with van der Waals surface area (Å²) in [6.07, 6.45) is 3.43. The van der Waals surface area contributed by atoms with Crippen molar-refractivity contribution in [1.82, 2.24) is 18.4 Å². The molecular formula is C32H27ClN6O5S. The van der Waals surface area contributed by atoms with Crippen molar-refractivity contribution in [2.24, 2.45) is 0 Å². The molecule has 45 heavy (non-hydrogen) atoms. The Morgan fingerprint density at radius 1 is 0.933 bits per heavy atom. The number of nitrogens with zero attached hydrogens (tertiary/aromatic N) is 6. The summed E-state index contributed by atoms with van der Waals surface area (Å²) in [6, 6.07) is 21.0. The van der Waals surface area contributed by atoms with Crippen LogP contribution >= 0.6 is 11.6 Å². The number of hydrogen-bond donors (Lipinski definition) is 0. The van der Waals surface area contributed by atoms with Gasteiger partial charge < -0.3 is 14.5 Å². The standard InChI is InChI=1S/C32H27ClN6O5S/c1-44-26-7-4-23(5-8-26)30(31(40)37-18-16-36(17-19-37)25-12-14-35-15-13-25)38-29-20-24(33)6-11-28(29)39(32(38)41)45(42,43)27-9-2-22(21-34)3-10-27/h2-15,20,30H,16-19H2,1H3. The summed E-state index contributed by atoms with van der Waals surface area (Å²) >= 11 is 6.38. The van der Waals surface area contributed by atoms with Gasteiger partial charge in [-0.15, -0.1) is 0 Å². The maximum Gasteiger partial charge on any atom is 0.344 e. The fourth-order valence-electron chi connectivity index (χ4n) is 5.55. The van der Waals surface area contributed by atoms with Crippen molar-refractivity contribution in [3.05, 3.63) is 118 Å². The molecule has 5 aromatic rings. The minimum absolute atomic E-state index is 0.0579. The van der Waals surface area contributed by atoms with Crippen molar-refractivity contribution in [3.8, 4) is 11.8 Å². The number of imidazole rings is 1. The van der Waals surface area contributed by atoms with Crippen LogP contribution in [-0.4, -0.2) is 66.0 Å². The number of carbonyl (C=O) groups excluding carboxylic acids is 1. The lowest BCUT2D eigenvalue weighted by Gasteiger charge is -2.37. The minimum atomic E-state index is -4.45. The van der Waals surface area contributed by atoms with E-state index in [1.165, 1.54) is 54.1 Å². The quantitative estimate of drug-likeness (QED) is 0.261. The zero-order chi connectivity index (χ0) is 31.7. The first-order valence-electron chi connectivity index (χ1n) is 14.0. The summed E-state index contributed by atoms with van der Waals surface area (Å²) in [6.45, 7) is 1.87. The third-order valence-electron chi connectivity index (χ3n) is 7.86. The highest BCUT2D eigenvalue weighted by Crippen LogP contribution is 2.30. The molecule has 3 heterocycles. The van der Waals surface area contributed by atoms with E-state index in [-0.39, 0.29) is 32.4 Å². The van der Waals surface area contributed by atoms with Gasteiger partial charge >= 0.3 is 5.69 Å². The number of fused-ring (bicyclic) bond motifs is 1. The summed E-state index contributed by atoms with van der Waals surface area (Å²) < 4.78 is 35.1. The fraction of sp³-hybridized carbons (Fsp3) is 0.188. The van der Waals surface area contributed by atoms with E-state index in [2.05, 4.69) is 9.88 Å². The molecule has 2 aromatic heterocycles. The molecule has 0 spiro atoms. The number of carbonyl (C=O) groups is 1. The van der Waals surface area contributed by atoms with Gasteiger partial charge in [0.25, 0.3) is 15.9 Å². The highest BCUT2D eigenvalue weighted by Gasteiger charge is 2.35. The van der Waals surface area contributed by atoms with Crippen LogP contribution in [0, 0.1) is 11.3 Å². The molecule has 228 valence electrons. The van der Waals surface area contributed by atoms with Gasteiger partial charge in [-0.1, -0.05) is 23.7 Å². The molecule has 1 amide bonds. The van der Waals surface area contributed by atoms with Crippen LogP contribution in [0.5, 0.6) is 5.75 Å². The largest absolute Gasteiger partial charge is 0.497 e. The molecule has 3 aromatic carbocycles. The Morgan fingerprint density at radius 3 is 2.22 bits per heavy atom. The number of nitriles is 1. The third kappa shape index (κ3) is 5.52. The fourth-order valence-corrected chi connectivity index (χ4v) is 7.12. The van der Waals surface area contributed by atoms with Gasteiger partial charge in [0, 0.05) is 49.3 Å². The lowest BCUT2D eigenvalue weighted by molar-refractivity contribution is -0.133. The predicted molar refractivity (Wildman–Crippen MR) is 169 cm³/mol. The van der Waals surface area contributed by atoms with Crippen molar-refractivity contribution in [3.63, 3.8) is 0 Å². The first-order valence-corrected chi connectivity index (χ1v) is 15.8. The van der Waals surface area contributed by atoms with Gasteiger partial charge in [0.1, 0.15) is 11.8 Å². The first-order chi connectivity index (χ1) is 21.7. The molecule has 1 unspecified atom stereocenters. The number of pyridine rings is 1. The molecule has 0 saturated carbocycles. The molecule has 0 N–H and O–H groups in total. The molecule has 1 aliphatic rings. The highest BCUT2D eigenvalue weighted by atomic mass is 35.5. The zero-order valence-corrected chi connectivity index (χ0v) is 25.6. The van der Waals surface area contributed by atoms with Gasteiger partial charge in [0.05, 0.1) is 34.7 Å². The SMILES string of the molecule is COc1ccc(C(C(=O)N2CCN(c3ccncc3)CC2)n2c(=O)n(S(=O)(=O)c3ccc(C#N)cc3)c3ccc(Cl)cc32)cc1. The Kier molecular flexibility index (Phi) is 8.05. The van der Waals surface area contributed by atoms with Crippen LogP contribution < -0.4 is 15.3 Å². The second-order valence-corrected chi connectivity index (χ2v) is 12.6. The number of methoxy groups -OCH3 is 1. The number of aromatic nitrogens is 3. The number of ether oxygens (including phenoxy) is 1. The van der Waals surface area contributed by atoms with Gasteiger partial charge in [-0.2, -0.15) is 9.23 Å². The molecular weight excluding hydrogens is 616 g/mol. The maximum absolute atomic E-state index is 14.5.